The molecular formula is C20H28FN8O5S2+. The second-order valence-electron chi connectivity index (χ2n) is 8.39. The maximum absolute atomic E-state index is 12.8. The summed E-state index contributed by atoms with van der Waals surface area (Å²) < 4.78 is 16.8. The summed E-state index contributed by atoms with van der Waals surface area (Å²) >= 11 is 2.32. The van der Waals surface area contributed by atoms with Gasteiger partial charge in [-0.1, -0.05) is 11.2 Å². The number of halogens is 1. The number of carbonyl (C=O) groups is 3. The van der Waals surface area contributed by atoms with Crippen molar-refractivity contribution in [2.45, 2.75) is 18.3 Å². The summed E-state index contributed by atoms with van der Waals surface area (Å²) in [6.45, 7) is 2.34. The second kappa shape index (κ2) is 11.7. The van der Waals surface area contributed by atoms with Crippen molar-refractivity contribution >= 4 is 51.9 Å². The number of amides is 2. The van der Waals surface area contributed by atoms with Crippen LogP contribution < -0.4 is 16.8 Å². The average molecular weight is 544 g/mol. The predicted octanol–water partition coefficient (Wildman–Crippen LogP) is -0.512. The first kappa shape index (κ1) is 27.3. The summed E-state index contributed by atoms with van der Waals surface area (Å²) in [6, 6.07) is -0.399. The number of fused-ring (bicyclic) bond motifs is 1. The van der Waals surface area contributed by atoms with E-state index in [-0.39, 0.29) is 40.8 Å². The van der Waals surface area contributed by atoms with Crippen molar-refractivity contribution in [2.24, 2.45) is 10.9 Å². The van der Waals surface area contributed by atoms with Gasteiger partial charge < -0.3 is 36.1 Å². The third-order valence-corrected chi connectivity index (χ3v) is 7.75. The quantitative estimate of drug-likeness (QED) is 0.152. The number of primary amides is 1. The number of alkyl halides is 1. The average Bonchev–Trinajstić information content (AvgIpc) is 3.23. The predicted molar refractivity (Wildman–Crippen MR) is 132 cm³/mol. The van der Waals surface area contributed by atoms with E-state index in [1.54, 1.807) is 11.0 Å². The van der Waals surface area contributed by atoms with E-state index < -0.39 is 30.7 Å². The highest BCUT2D eigenvalue weighted by atomic mass is 32.2. The molecule has 0 spiro atoms. The van der Waals surface area contributed by atoms with E-state index in [0.29, 0.717) is 28.9 Å². The van der Waals surface area contributed by atoms with Crippen LogP contribution in [-0.2, 0) is 19.2 Å². The summed E-state index contributed by atoms with van der Waals surface area (Å²) in [4.78, 5) is 46.2. The van der Waals surface area contributed by atoms with Gasteiger partial charge in [0, 0.05) is 23.8 Å². The van der Waals surface area contributed by atoms with Gasteiger partial charge in [-0.15, -0.1) is 11.8 Å². The highest BCUT2D eigenvalue weighted by molar-refractivity contribution is 8.00. The Morgan fingerprint density at radius 3 is 2.78 bits per heavy atom. The molecule has 0 aromatic carbocycles. The number of carboxylic acid groups (broad SMARTS) is 1. The zero-order valence-corrected chi connectivity index (χ0v) is 21.4. The number of hydrogen-bond acceptors (Lipinski definition) is 11. The van der Waals surface area contributed by atoms with Gasteiger partial charge in [-0.05, 0) is 18.6 Å². The van der Waals surface area contributed by atoms with Crippen LogP contribution in [0.5, 0.6) is 0 Å². The molecule has 16 heteroatoms. The first-order valence-corrected chi connectivity index (χ1v) is 12.7. The second-order valence-corrected chi connectivity index (χ2v) is 10.3. The molecule has 3 heterocycles. The van der Waals surface area contributed by atoms with Crippen molar-refractivity contribution in [1.82, 2.24) is 19.6 Å². The molecule has 0 radical (unpaired) electrons. The zero-order chi connectivity index (χ0) is 26.5. The van der Waals surface area contributed by atoms with E-state index in [1.807, 2.05) is 20.0 Å². The summed E-state index contributed by atoms with van der Waals surface area (Å²) in [5.41, 5.74) is 11.4. The fourth-order valence-corrected chi connectivity index (χ4v) is 5.59. The SMILES string of the molecule is CC[N+](C)(C/C=C/C1=C(C(=O)O)N2C[C@@H](NC(=O)/C(=N/OCF)c3nsc(N)n3)[C@H]2SC1)CC(N)=O. The third-order valence-electron chi connectivity index (χ3n) is 5.80. The van der Waals surface area contributed by atoms with Crippen LogP contribution in [0.1, 0.15) is 12.7 Å². The van der Waals surface area contributed by atoms with E-state index in [2.05, 4.69) is 24.7 Å². The van der Waals surface area contributed by atoms with Crippen molar-refractivity contribution < 1.29 is 33.2 Å². The van der Waals surface area contributed by atoms with Gasteiger partial charge >= 0.3 is 5.97 Å². The van der Waals surface area contributed by atoms with Crippen LogP contribution in [0.2, 0.25) is 0 Å². The molecule has 1 unspecified atom stereocenters. The van der Waals surface area contributed by atoms with Crippen LogP contribution in [0.15, 0.2) is 28.6 Å². The molecule has 0 aliphatic carbocycles. The number of quaternary nitrogens is 1. The van der Waals surface area contributed by atoms with E-state index in [9.17, 15) is 23.9 Å². The number of rotatable bonds is 12. The first-order chi connectivity index (χ1) is 17.1. The summed E-state index contributed by atoms with van der Waals surface area (Å²) in [7, 11) is 1.90. The minimum absolute atomic E-state index is 0.0942. The zero-order valence-electron chi connectivity index (χ0n) is 19.7. The molecule has 0 bridgehead atoms. The van der Waals surface area contributed by atoms with Gasteiger partial charge in [-0.2, -0.15) is 9.36 Å². The minimum Gasteiger partial charge on any atom is -0.477 e. The Bertz CT molecular complexity index is 1110. The van der Waals surface area contributed by atoms with E-state index >= 15 is 0 Å². The molecule has 1 fully saturated rings. The Kier molecular flexibility index (Phi) is 8.86. The molecule has 2 aliphatic rings. The van der Waals surface area contributed by atoms with Crippen LogP contribution in [0.3, 0.4) is 0 Å². The lowest BCUT2D eigenvalue weighted by atomic mass is 10.0. The van der Waals surface area contributed by atoms with Gasteiger partial charge in [0.05, 0.1) is 31.6 Å². The summed E-state index contributed by atoms with van der Waals surface area (Å²) in [6.07, 6.45) is 3.62. The van der Waals surface area contributed by atoms with E-state index in [1.165, 1.54) is 11.8 Å². The number of allylic oxidation sites excluding steroid dienone is 1. The molecular weight excluding hydrogens is 515 g/mol. The molecule has 1 aromatic heterocycles. The Morgan fingerprint density at radius 2 is 2.19 bits per heavy atom. The normalized spacial score (nSPS) is 21.5. The lowest BCUT2D eigenvalue weighted by molar-refractivity contribution is -0.894. The molecule has 2 aliphatic heterocycles. The van der Waals surface area contributed by atoms with E-state index in [4.69, 9.17) is 11.5 Å². The number of nitrogen functional groups attached to an aromatic ring is 1. The third kappa shape index (κ3) is 6.30. The summed E-state index contributed by atoms with van der Waals surface area (Å²) in [5.74, 6) is -1.85. The van der Waals surface area contributed by atoms with Crippen LogP contribution in [0.4, 0.5) is 9.52 Å². The Labute approximate surface area is 214 Å². The number of anilines is 1. The fraction of sp³-hybridized carbons (Fsp3) is 0.500. The Morgan fingerprint density at radius 1 is 1.44 bits per heavy atom. The van der Waals surface area contributed by atoms with E-state index in [0.717, 1.165) is 11.5 Å². The molecule has 196 valence electrons. The maximum Gasteiger partial charge on any atom is 0.352 e. The highest BCUT2D eigenvalue weighted by Gasteiger charge is 2.46. The fourth-order valence-electron chi connectivity index (χ4n) is 3.81. The molecule has 6 N–H and O–H groups in total. The number of nitrogens with zero attached hydrogens (tertiary/aromatic N) is 5. The Hall–Kier alpha value is -3.24. The van der Waals surface area contributed by atoms with Gasteiger partial charge in [-0.3, -0.25) is 9.59 Å². The number of carboxylic acids is 1. The molecule has 1 saturated heterocycles. The number of nitrogens with one attached hydrogen (secondary N) is 1. The van der Waals surface area contributed by atoms with Crippen molar-refractivity contribution in [3.8, 4) is 0 Å². The molecule has 3 rings (SSSR count). The number of thioether (sulfide) groups is 1. The van der Waals surface area contributed by atoms with Crippen LogP contribution in [0.25, 0.3) is 0 Å². The standard InChI is InChI=1S/C20H27FN8O5S2/c1-3-29(2,8-13(22)30)6-4-5-11-9-35-18-12(7-28(18)15(11)19(32)33)24-17(31)14(26-34-10-21)16-25-20(23)36-27-16/h4-5,12,18H,3,6-10H2,1-2H3,(H5-,22,23,24,25,27,30,31,32,33)/p+1/b5-4+,26-14+/t12-,18-,29?/m1/s1. The number of carbonyl (C=O) groups excluding carboxylic acids is 2. The molecule has 3 atom stereocenters. The lowest BCUT2D eigenvalue weighted by Gasteiger charge is -2.51. The topological polar surface area (TPSA) is 186 Å². The monoisotopic (exact) mass is 543 g/mol. The largest absolute Gasteiger partial charge is 0.477 e. The smallest absolute Gasteiger partial charge is 0.352 e. The van der Waals surface area contributed by atoms with Crippen molar-refractivity contribution in [3.05, 3.63) is 29.2 Å². The number of nitrogens with two attached hydrogens (primary N) is 2. The van der Waals surface area contributed by atoms with Gasteiger partial charge in [0.2, 0.25) is 11.5 Å². The molecule has 1 aromatic rings. The lowest BCUT2D eigenvalue weighted by Crippen LogP contribution is -2.67. The van der Waals surface area contributed by atoms with Gasteiger partial charge in [0.25, 0.3) is 18.7 Å². The van der Waals surface area contributed by atoms with Crippen molar-refractivity contribution in [1.29, 1.82) is 0 Å². The number of likely N-dealkylation sites (N-methyl/N-ethyl adjacent to an activating group) is 1. The molecule has 13 nitrogen and oxygen atoms in total. The highest BCUT2D eigenvalue weighted by Crippen LogP contribution is 2.39. The van der Waals surface area contributed by atoms with Gasteiger partial charge in [-0.25, -0.2) is 9.18 Å². The minimum atomic E-state index is -1.24. The van der Waals surface area contributed by atoms with Gasteiger partial charge in [0.1, 0.15) is 5.70 Å². The number of aromatic nitrogens is 2. The van der Waals surface area contributed by atoms with Crippen LogP contribution in [-0.4, -0.2) is 105 Å². The van der Waals surface area contributed by atoms with Gasteiger partial charge in [0.15, 0.2) is 11.7 Å². The first-order valence-electron chi connectivity index (χ1n) is 10.9. The molecule has 2 amide bonds. The van der Waals surface area contributed by atoms with Crippen molar-refractivity contribution in [3.63, 3.8) is 0 Å². The summed E-state index contributed by atoms with van der Waals surface area (Å²) in [5, 5.41) is 15.9. The molecule has 0 saturated carbocycles. The maximum atomic E-state index is 12.8. The number of oxime groups is 1. The number of aliphatic carboxylic acids is 1. The van der Waals surface area contributed by atoms with Crippen LogP contribution >= 0.6 is 23.3 Å². The number of hydrogen-bond donors (Lipinski definition) is 4. The molecule has 36 heavy (non-hydrogen) atoms. The van der Waals surface area contributed by atoms with Crippen molar-refractivity contribution in [2.75, 3.05) is 51.6 Å². The van der Waals surface area contributed by atoms with Crippen LogP contribution in [0, 0.1) is 0 Å². The Balaban J connectivity index is 1.70.